The molecule has 0 saturated heterocycles. The first-order chi connectivity index (χ1) is 5.68. The summed E-state index contributed by atoms with van der Waals surface area (Å²) in [5.41, 5.74) is 0. The maximum atomic E-state index is 2.39. The summed E-state index contributed by atoms with van der Waals surface area (Å²) in [4.78, 5) is 2.39. The molecule has 12 heavy (non-hydrogen) atoms. The Hall–Kier alpha value is -0.300. The zero-order chi connectivity index (χ0) is 9.40. The second-order valence-corrected chi connectivity index (χ2v) is 3.60. The van der Waals surface area contributed by atoms with Crippen LogP contribution in [0.15, 0.2) is 12.2 Å². The molecule has 0 N–H and O–H groups in total. The molecule has 0 rings (SSSR count). The lowest BCUT2D eigenvalue weighted by Crippen LogP contribution is -2.27. The Labute approximate surface area is 77.5 Å². The molecule has 0 aliphatic rings. The normalized spacial score (nSPS) is 12.2. The number of hydrogen-bond donors (Lipinski definition) is 0. The monoisotopic (exact) mass is 169 g/mol. The van der Waals surface area contributed by atoms with Crippen molar-refractivity contribution in [2.24, 2.45) is 0 Å². The van der Waals surface area contributed by atoms with Gasteiger partial charge in [0.25, 0.3) is 0 Å². The molecule has 0 aromatic heterocycles. The predicted octanol–water partition coefficient (Wildman–Crippen LogP) is 3.07. The Bertz CT molecular complexity index is 116. The van der Waals surface area contributed by atoms with Crippen molar-refractivity contribution in [1.29, 1.82) is 0 Å². The van der Waals surface area contributed by atoms with Gasteiger partial charge in [-0.3, -0.25) is 0 Å². The largest absolute Gasteiger partial charge is 0.304 e. The first kappa shape index (κ1) is 11.7. The SMILES string of the molecule is CC/C=C/CCCN(C)C(C)C. The van der Waals surface area contributed by atoms with Crippen molar-refractivity contribution >= 4 is 0 Å². The highest BCUT2D eigenvalue weighted by atomic mass is 15.1. The Kier molecular flexibility index (Phi) is 7.17. The highest BCUT2D eigenvalue weighted by Gasteiger charge is 2.00. The second kappa shape index (κ2) is 7.35. The van der Waals surface area contributed by atoms with Crippen molar-refractivity contribution < 1.29 is 0 Å². The maximum absolute atomic E-state index is 2.39. The third-order valence-electron chi connectivity index (χ3n) is 2.17. The van der Waals surface area contributed by atoms with E-state index in [0.717, 1.165) is 0 Å². The fourth-order valence-corrected chi connectivity index (χ4v) is 1.00. The summed E-state index contributed by atoms with van der Waals surface area (Å²) in [6.45, 7) is 7.87. The summed E-state index contributed by atoms with van der Waals surface area (Å²) >= 11 is 0. The molecule has 0 aliphatic carbocycles. The van der Waals surface area contributed by atoms with Gasteiger partial charge < -0.3 is 4.90 Å². The van der Waals surface area contributed by atoms with Crippen LogP contribution in [0, 0.1) is 0 Å². The van der Waals surface area contributed by atoms with Crippen LogP contribution in [0.4, 0.5) is 0 Å². The van der Waals surface area contributed by atoms with Crippen LogP contribution in [-0.4, -0.2) is 24.5 Å². The van der Waals surface area contributed by atoms with Crippen LogP contribution in [0.1, 0.15) is 40.0 Å². The van der Waals surface area contributed by atoms with Gasteiger partial charge >= 0.3 is 0 Å². The molecule has 0 saturated carbocycles. The van der Waals surface area contributed by atoms with E-state index in [1.165, 1.54) is 25.8 Å². The van der Waals surface area contributed by atoms with Gasteiger partial charge in [-0.1, -0.05) is 19.1 Å². The molecule has 0 heterocycles. The molecule has 0 unspecified atom stereocenters. The lowest BCUT2D eigenvalue weighted by molar-refractivity contribution is 0.271. The average molecular weight is 169 g/mol. The Morgan fingerprint density at radius 1 is 1.25 bits per heavy atom. The molecule has 0 spiro atoms. The zero-order valence-electron chi connectivity index (χ0n) is 9.01. The van der Waals surface area contributed by atoms with Gasteiger partial charge in [-0.2, -0.15) is 0 Å². The minimum absolute atomic E-state index is 0.681. The number of rotatable bonds is 6. The summed E-state index contributed by atoms with van der Waals surface area (Å²) in [6.07, 6.45) is 8.21. The number of nitrogens with zero attached hydrogens (tertiary/aromatic N) is 1. The van der Waals surface area contributed by atoms with Crippen LogP contribution < -0.4 is 0 Å². The molecule has 72 valence electrons. The molecule has 0 atom stereocenters. The molecule has 1 heteroatoms. The third-order valence-corrected chi connectivity index (χ3v) is 2.17. The van der Waals surface area contributed by atoms with E-state index in [1.807, 2.05) is 0 Å². The Balaban J connectivity index is 3.25. The number of allylic oxidation sites excluding steroid dienone is 2. The van der Waals surface area contributed by atoms with Crippen molar-refractivity contribution in [3.8, 4) is 0 Å². The standard InChI is InChI=1S/C11H23N/c1-5-6-7-8-9-10-12(4)11(2)3/h6-7,11H,5,8-10H2,1-4H3/b7-6+. The van der Waals surface area contributed by atoms with Gasteiger partial charge in [-0.05, 0) is 46.7 Å². The van der Waals surface area contributed by atoms with Gasteiger partial charge in [0.1, 0.15) is 0 Å². The molecule has 0 fully saturated rings. The van der Waals surface area contributed by atoms with Gasteiger partial charge in [0, 0.05) is 6.04 Å². The molecule has 0 aromatic rings. The van der Waals surface area contributed by atoms with Crippen LogP contribution in [-0.2, 0) is 0 Å². The van der Waals surface area contributed by atoms with E-state index in [9.17, 15) is 0 Å². The van der Waals surface area contributed by atoms with Gasteiger partial charge in [-0.25, -0.2) is 0 Å². The van der Waals surface area contributed by atoms with E-state index in [0.29, 0.717) is 6.04 Å². The zero-order valence-corrected chi connectivity index (χ0v) is 9.01. The highest BCUT2D eigenvalue weighted by molar-refractivity contribution is 4.80. The second-order valence-electron chi connectivity index (χ2n) is 3.60. The van der Waals surface area contributed by atoms with Crippen LogP contribution in [0.2, 0.25) is 0 Å². The smallest absolute Gasteiger partial charge is 0.00355 e. The topological polar surface area (TPSA) is 3.24 Å². The third kappa shape index (κ3) is 6.41. The van der Waals surface area contributed by atoms with E-state index in [2.05, 4.69) is 44.9 Å². The summed E-state index contributed by atoms with van der Waals surface area (Å²) in [5.74, 6) is 0. The minimum Gasteiger partial charge on any atom is -0.304 e. The molecule has 0 radical (unpaired) electrons. The average Bonchev–Trinajstić information content (AvgIpc) is 2.03. The van der Waals surface area contributed by atoms with Gasteiger partial charge in [0.2, 0.25) is 0 Å². The van der Waals surface area contributed by atoms with Crippen LogP contribution in [0.3, 0.4) is 0 Å². The fraction of sp³-hybridized carbons (Fsp3) is 0.818. The first-order valence-electron chi connectivity index (χ1n) is 5.03. The molecule has 1 nitrogen and oxygen atoms in total. The molecule has 0 amide bonds. The lowest BCUT2D eigenvalue weighted by Gasteiger charge is -2.20. The Morgan fingerprint density at radius 2 is 1.92 bits per heavy atom. The van der Waals surface area contributed by atoms with E-state index in [4.69, 9.17) is 0 Å². The lowest BCUT2D eigenvalue weighted by atomic mass is 10.2. The molecule has 0 aromatic carbocycles. The van der Waals surface area contributed by atoms with Crippen LogP contribution >= 0.6 is 0 Å². The predicted molar refractivity (Wildman–Crippen MR) is 56.4 cm³/mol. The van der Waals surface area contributed by atoms with Crippen molar-refractivity contribution in [3.05, 3.63) is 12.2 Å². The summed E-state index contributed by atoms with van der Waals surface area (Å²) in [6, 6.07) is 0.681. The number of hydrogen-bond acceptors (Lipinski definition) is 1. The summed E-state index contributed by atoms with van der Waals surface area (Å²) < 4.78 is 0. The molecule has 0 bridgehead atoms. The van der Waals surface area contributed by atoms with Crippen LogP contribution in [0.5, 0.6) is 0 Å². The van der Waals surface area contributed by atoms with Crippen molar-refractivity contribution in [2.75, 3.05) is 13.6 Å². The van der Waals surface area contributed by atoms with Crippen molar-refractivity contribution in [2.45, 2.75) is 46.1 Å². The van der Waals surface area contributed by atoms with Crippen molar-refractivity contribution in [3.63, 3.8) is 0 Å². The minimum atomic E-state index is 0.681. The molecular weight excluding hydrogens is 146 g/mol. The van der Waals surface area contributed by atoms with Crippen molar-refractivity contribution in [1.82, 2.24) is 4.90 Å². The van der Waals surface area contributed by atoms with Gasteiger partial charge in [-0.15, -0.1) is 0 Å². The van der Waals surface area contributed by atoms with Crippen LogP contribution in [0.25, 0.3) is 0 Å². The molecule has 0 aliphatic heterocycles. The van der Waals surface area contributed by atoms with Gasteiger partial charge in [0.05, 0.1) is 0 Å². The Morgan fingerprint density at radius 3 is 2.42 bits per heavy atom. The maximum Gasteiger partial charge on any atom is 0.00355 e. The quantitative estimate of drug-likeness (QED) is 0.436. The summed E-state index contributed by atoms with van der Waals surface area (Å²) in [5, 5.41) is 0. The van der Waals surface area contributed by atoms with E-state index < -0.39 is 0 Å². The summed E-state index contributed by atoms with van der Waals surface area (Å²) in [7, 11) is 2.19. The van der Waals surface area contributed by atoms with E-state index >= 15 is 0 Å². The number of unbranched alkanes of at least 4 members (excludes halogenated alkanes) is 1. The van der Waals surface area contributed by atoms with E-state index in [1.54, 1.807) is 0 Å². The highest BCUT2D eigenvalue weighted by Crippen LogP contribution is 1.98. The fourth-order valence-electron chi connectivity index (χ4n) is 1.00. The molecular formula is C11H23N. The first-order valence-corrected chi connectivity index (χ1v) is 5.03. The van der Waals surface area contributed by atoms with E-state index in [-0.39, 0.29) is 0 Å². The van der Waals surface area contributed by atoms with Gasteiger partial charge in [0.15, 0.2) is 0 Å².